The summed E-state index contributed by atoms with van der Waals surface area (Å²) in [7, 11) is -9.90. The predicted molar refractivity (Wildman–Crippen MR) is 368 cm³/mol. The van der Waals surface area contributed by atoms with Crippen molar-refractivity contribution in [3.63, 3.8) is 0 Å². The van der Waals surface area contributed by atoms with Crippen molar-refractivity contribution in [2.75, 3.05) is 39.6 Å². The molecular weight excluding hydrogens is 1200 g/mol. The van der Waals surface area contributed by atoms with Crippen LogP contribution in [0.5, 0.6) is 0 Å². The van der Waals surface area contributed by atoms with Crippen LogP contribution in [-0.4, -0.2) is 96.7 Å². The second kappa shape index (κ2) is 65.4. The van der Waals surface area contributed by atoms with Gasteiger partial charge in [-0.1, -0.05) is 324 Å². The average Bonchev–Trinajstić information content (AvgIpc) is 3.45. The topological polar surface area (TPSA) is 237 Å². The molecule has 91 heavy (non-hydrogen) atoms. The minimum absolute atomic E-state index is 0.107. The number of esters is 4. The number of hydrogen-bond donors (Lipinski definition) is 3. The lowest BCUT2D eigenvalue weighted by Gasteiger charge is -2.21. The third-order valence-electron chi connectivity index (χ3n) is 16.8. The number of ether oxygens (including phenoxy) is 4. The van der Waals surface area contributed by atoms with Gasteiger partial charge >= 0.3 is 39.5 Å². The van der Waals surface area contributed by atoms with Crippen LogP contribution in [0, 0.1) is 5.92 Å². The number of phosphoric acid groups is 2. The number of carbonyl (C=O) groups is 4. The smallest absolute Gasteiger partial charge is 0.462 e. The summed E-state index contributed by atoms with van der Waals surface area (Å²) in [6, 6.07) is 0. The zero-order valence-corrected chi connectivity index (χ0v) is 60.8. The summed E-state index contributed by atoms with van der Waals surface area (Å²) >= 11 is 0. The lowest BCUT2D eigenvalue weighted by molar-refractivity contribution is -0.161. The summed E-state index contributed by atoms with van der Waals surface area (Å²) in [6.07, 6.45) is 52.7. The fourth-order valence-electron chi connectivity index (χ4n) is 11.0. The fourth-order valence-corrected chi connectivity index (χ4v) is 12.6. The van der Waals surface area contributed by atoms with E-state index in [2.05, 4.69) is 34.6 Å². The van der Waals surface area contributed by atoms with Crippen LogP contribution >= 0.6 is 15.6 Å². The van der Waals surface area contributed by atoms with E-state index in [9.17, 15) is 43.2 Å². The van der Waals surface area contributed by atoms with Gasteiger partial charge in [0, 0.05) is 25.7 Å². The Kier molecular flexibility index (Phi) is 64.0. The highest BCUT2D eigenvalue weighted by molar-refractivity contribution is 7.47. The van der Waals surface area contributed by atoms with Crippen LogP contribution in [-0.2, 0) is 65.4 Å². The largest absolute Gasteiger partial charge is 0.472 e. The number of aliphatic hydroxyl groups excluding tert-OH is 1. The third kappa shape index (κ3) is 66.5. The van der Waals surface area contributed by atoms with Crippen LogP contribution < -0.4 is 0 Å². The zero-order valence-electron chi connectivity index (χ0n) is 59.0. The second-order valence-electron chi connectivity index (χ2n) is 26.5. The number of hydrogen-bond acceptors (Lipinski definition) is 15. The normalized spacial score (nSPS) is 14.0. The van der Waals surface area contributed by atoms with Crippen LogP contribution in [0.2, 0.25) is 0 Å². The van der Waals surface area contributed by atoms with Gasteiger partial charge in [-0.3, -0.25) is 37.3 Å². The lowest BCUT2D eigenvalue weighted by atomic mass is 10.0. The van der Waals surface area contributed by atoms with Gasteiger partial charge in [-0.2, -0.15) is 0 Å². The van der Waals surface area contributed by atoms with E-state index >= 15 is 0 Å². The van der Waals surface area contributed by atoms with Crippen LogP contribution in [0.4, 0.5) is 0 Å². The number of carbonyl (C=O) groups excluding carboxylic acids is 4. The Morgan fingerprint density at radius 1 is 0.297 bits per heavy atom. The molecule has 0 aliphatic rings. The van der Waals surface area contributed by atoms with Gasteiger partial charge in [0.2, 0.25) is 0 Å². The fraction of sp³-hybridized carbons (Fsp3) is 0.944. The van der Waals surface area contributed by atoms with Gasteiger partial charge in [-0.15, -0.1) is 0 Å². The number of rotatable bonds is 72. The molecule has 3 N–H and O–H groups in total. The molecule has 0 aliphatic carbocycles. The summed E-state index contributed by atoms with van der Waals surface area (Å²) in [5, 5.41) is 10.6. The molecule has 5 atom stereocenters. The molecule has 0 aromatic carbocycles. The monoisotopic (exact) mass is 1340 g/mol. The van der Waals surface area contributed by atoms with Gasteiger partial charge in [0.15, 0.2) is 12.2 Å². The Morgan fingerprint density at radius 2 is 0.505 bits per heavy atom. The molecule has 540 valence electrons. The molecule has 0 aromatic heterocycles. The van der Waals surface area contributed by atoms with Gasteiger partial charge in [0.05, 0.1) is 26.4 Å². The summed E-state index contributed by atoms with van der Waals surface area (Å²) in [5.41, 5.74) is 0. The third-order valence-corrected chi connectivity index (χ3v) is 18.7. The van der Waals surface area contributed by atoms with Crippen molar-refractivity contribution in [3.05, 3.63) is 0 Å². The first-order valence-electron chi connectivity index (χ1n) is 37.6. The minimum atomic E-state index is -4.95. The first-order chi connectivity index (χ1) is 44.0. The summed E-state index contributed by atoms with van der Waals surface area (Å²) < 4.78 is 68.3. The molecule has 0 fully saturated rings. The minimum Gasteiger partial charge on any atom is -0.462 e. The van der Waals surface area contributed by atoms with Crippen LogP contribution in [0.1, 0.15) is 375 Å². The molecule has 0 saturated heterocycles. The summed E-state index contributed by atoms with van der Waals surface area (Å²) in [4.78, 5) is 72.6. The molecule has 19 heteroatoms. The Balaban J connectivity index is 5.21. The standard InChI is InChI=1S/C72H140O17P2/c1-6-9-12-15-18-21-23-25-26-27-28-29-30-32-37-43-48-53-58-72(77)89-68(62-83-70(75)56-51-46-41-38-33-35-39-44-49-54-65(4)5)64-87-91(80,81)85-60-66(73)59-84-90(78,79)86-63-67(61-82-69(74)55-50-45-40-34-20-17-14-11-8-3)88-71(76)57-52-47-42-36-31-24-22-19-16-13-10-7-2/h65-68,73H,6-64H2,1-5H3,(H,78,79)(H,80,81)/t66-,67+,68+/m0/s1. The highest BCUT2D eigenvalue weighted by atomic mass is 31.2. The van der Waals surface area contributed by atoms with Crippen LogP contribution in [0.15, 0.2) is 0 Å². The van der Waals surface area contributed by atoms with E-state index in [1.165, 1.54) is 199 Å². The molecule has 0 bridgehead atoms. The highest BCUT2D eigenvalue weighted by Crippen LogP contribution is 2.45. The first kappa shape index (κ1) is 89.1. The average molecular weight is 1340 g/mol. The molecule has 0 rings (SSSR count). The first-order valence-corrected chi connectivity index (χ1v) is 40.6. The van der Waals surface area contributed by atoms with Crippen LogP contribution in [0.25, 0.3) is 0 Å². The predicted octanol–water partition coefficient (Wildman–Crippen LogP) is 20.9. The van der Waals surface area contributed by atoms with E-state index in [1.54, 1.807) is 0 Å². The summed E-state index contributed by atoms with van der Waals surface area (Å²) in [5.74, 6) is -1.38. The molecule has 17 nitrogen and oxygen atoms in total. The van der Waals surface area contributed by atoms with Crippen molar-refractivity contribution in [1.29, 1.82) is 0 Å². The molecule has 0 radical (unpaired) electrons. The SMILES string of the molecule is CCCCCCCCCCCCCCCCCCCCC(=O)O[C@H](COC(=O)CCCCCCCCCCCC(C)C)COP(=O)(O)OC[C@@H](O)COP(=O)(O)OC[C@@H](COC(=O)CCCCCCCCCCC)OC(=O)CCCCCCCCCCCCCC. The van der Waals surface area contributed by atoms with E-state index in [1.807, 2.05) is 0 Å². The Bertz CT molecular complexity index is 1750. The Morgan fingerprint density at radius 3 is 0.747 bits per heavy atom. The maximum Gasteiger partial charge on any atom is 0.472 e. The van der Waals surface area contributed by atoms with Crippen LogP contribution in [0.3, 0.4) is 0 Å². The maximum atomic E-state index is 13.0. The van der Waals surface area contributed by atoms with Gasteiger partial charge in [0.25, 0.3) is 0 Å². The molecule has 0 aliphatic heterocycles. The molecule has 0 heterocycles. The van der Waals surface area contributed by atoms with Gasteiger partial charge in [0.1, 0.15) is 19.3 Å². The molecule has 0 aromatic rings. The zero-order chi connectivity index (χ0) is 67.0. The van der Waals surface area contributed by atoms with Crippen molar-refractivity contribution >= 4 is 39.5 Å². The Hall–Kier alpha value is -1.94. The summed E-state index contributed by atoms with van der Waals surface area (Å²) in [6.45, 7) is 7.23. The van der Waals surface area contributed by atoms with Gasteiger partial charge < -0.3 is 33.8 Å². The van der Waals surface area contributed by atoms with E-state index in [0.29, 0.717) is 25.7 Å². The van der Waals surface area contributed by atoms with E-state index in [4.69, 9.17) is 37.0 Å². The highest BCUT2D eigenvalue weighted by Gasteiger charge is 2.30. The molecular formula is C72H140O17P2. The van der Waals surface area contributed by atoms with E-state index in [-0.39, 0.29) is 25.7 Å². The van der Waals surface area contributed by atoms with Crippen molar-refractivity contribution in [1.82, 2.24) is 0 Å². The molecule has 0 saturated carbocycles. The van der Waals surface area contributed by atoms with Crippen molar-refractivity contribution in [3.8, 4) is 0 Å². The maximum absolute atomic E-state index is 13.0. The molecule has 0 amide bonds. The Labute approximate surface area is 556 Å². The number of phosphoric ester groups is 2. The van der Waals surface area contributed by atoms with E-state index in [0.717, 1.165) is 95.8 Å². The van der Waals surface area contributed by atoms with Crippen molar-refractivity contribution in [2.45, 2.75) is 393 Å². The lowest BCUT2D eigenvalue weighted by Crippen LogP contribution is -2.30. The van der Waals surface area contributed by atoms with Gasteiger partial charge in [-0.05, 0) is 31.6 Å². The molecule has 0 spiro atoms. The van der Waals surface area contributed by atoms with Crippen molar-refractivity contribution < 1.29 is 80.2 Å². The van der Waals surface area contributed by atoms with Gasteiger partial charge in [-0.25, -0.2) is 9.13 Å². The second-order valence-corrected chi connectivity index (χ2v) is 29.4. The number of aliphatic hydroxyl groups is 1. The van der Waals surface area contributed by atoms with E-state index < -0.39 is 97.5 Å². The molecule has 2 unspecified atom stereocenters. The van der Waals surface area contributed by atoms with Crippen molar-refractivity contribution in [2.24, 2.45) is 5.92 Å². The number of unbranched alkanes of at least 4 members (excludes halogenated alkanes) is 44. The quantitative estimate of drug-likeness (QED) is 0.0222.